The number of hydrogen-bond acceptors (Lipinski definition) is 6. The number of methoxy groups -OCH3 is 2. The van der Waals surface area contributed by atoms with Crippen molar-refractivity contribution in [1.29, 1.82) is 0 Å². The van der Waals surface area contributed by atoms with E-state index in [-0.39, 0.29) is 0 Å². The average molecular weight is 302 g/mol. The Hall–Kier alpha value is -2.24. The summed E-state index contributed by atoms with van der Waals surface area (Å²) in [7, 11) is 3.20. The minimum Gasteiger partial charge on any atom is -0.493 e. The van der Waals surface area contributed by atoms with E-state index in [9.17, 15) is 0 Å². The van der Waals surface area contributed by atoms with Crippen molar-refractivity contribution in [2.75, 3.05) is 31.8 Å². The molecule has 118 valence electrons. The number of nitrogens with one attached hydrogen (secondary N) is 1. The van der Waals surface area contributed by atoms with Crippen LogP contribution in [-0.2, 0) is 0 Å². The minimum atomic E-state index is 0.421. The summed E-state index contributed by atoms with van der Waals surface area (Å²) < 4.78 is 10.6. The second kappa shape index (κ2) is 5.51. The Morgan fingerprint density at radius 2 is 1.86 bits per heavy atom. The van der Waals surface area contributed by atoms with Crippen LogP contribution in [0.1, 0.15) is 26.2 Å². The SMILES string of the molecule is CCC1(CNc2nc(N)c3cc(OC)c(OC)cc3n2)CC1. The second-order valence-corrected chi connectivity index (χ2v) is 5.86. The van der Waals surface area contributed by atoms with Gasteiger partial charge in [-0.05, 0) is 30.7 Å². The van der Waals surface area contributed by atoms with Gasteiger partial charge >= 0.3 is 0 Å². The van der Waals surface area contributed by atoms with Crippen LogP contribution in [0.5, 0.6) is 11.5 Å². The Morgan fingerprint density at radius 1 is 1.18 bits per heavy atom. The lowest BCUT2D eigenvalue weighted by Crippen LogP contribution is -2.16. The zero-order chi connectivity index (χ0) is 15.7. The molecule has 1 aliphatic carbocycles. The molecule has 22 heavy (non-hydrogen) atoms. The van der Waals surface area contributed by atoms with Crippen molar-refractivity contribution in [1.82, 2.24) is 9.97 Å². The van der Waals surface area contributed by atoms with Gasteiger partial charge < -0.3 is 20.5 Å². The highest BCUT2D eigenvalue weighted by molar-refractivity contribution is 5.91. The van der Waals surface area contributed by atoms with Gasteiger partial charge in [0.05, 0.1) is 19.7 Å². The maximum Gasteiger partial charge on any atom is 0.225 e. The summed E-state index contributed by atoms with van der Waals surface area (Å²) in [6.45, 7) is 3.11. The van der Waals surface area contributed by atoms with Gasteiger partial charge in [0.25, 0.3) is 0 Å². The topological polar surface area (TPSA) is 82.3 Å². The Morgan fingerprint density at radius 3 is 2.45 bits per heavy atom. The molecule has 3 rings (SSSR count). The molecule has 3 N–H and O–H groups in total. The van der Waals surface area contributed by atoms with Gasteiger partial charge in [-0.1, -0.05) is 6.92 Å². The lowest BCUT2D eigenvalue weighted by atomic mass is 10.0. The number of benzene rings is 1. The number of aromatic nitrogens is 2. The molecule has 0 amide bonds. The standard InChI is InChI=1S/C16H22N4O2/c1-4-16(5-6-16)9-18-15-19-11-8-13(22-3)12(21-2)7-10(11)14(17)20-15/h7-8H,4-6,9H2,1-3H3,(H3,17,18,19,20). The molecule has 0 saturated heterocycles. The van der Waals surface area contributed by atoms with E-state index in [4.69, 9.17) is 15.2 Å². The predicted octanol–water partition coefficient (Wildman–Crippen LogP) is 2.83. The Labute approximate surface area is 130 Å². The molecule has 6 nitrogen and oxygen atoms in total. The first kappa shape index (κ1) is 14.7. The van der Waals surface area contributed by atoms with Crippen molar-refractivity contribution in [2.45, 2.75) is 26.2 Å². The Kier molecular flexibility index (Phi) is 3.68. The second-order valence-electron chi connectivity index (χ2n) is 5.86. The third-order valence-electron chi connectivity index (χ3n) is 4.56. The molecule has 0 unspecified atom stereocenters. The van der Waals surface area contributed by atoms with Crippen LogP contribution >= 0.6 is 0 Å². The number of hydrogen-bond donors (Lipinski definition) is 2. The third-order valence-corrected chi connectivity index (χ3v) is 4.56. The van der Waals surface area contributed by atoms with Crippen molar-refractivity contribution in [3.63, 3.8) is 0 Å². The van der Waals surface area contributed by atoms with E-state index in [1.54, 1.807) is 14.2 Å². The van der Waals surface area contributed by atoms with E-state index in [2.05, 4.69) is 22.2 Å². The zero-order valence-corrected chi connectivity index (χ0v) is 13.3. The smallest absolute Gasteiger partial charge is 0.225 e. The number of rotatable bonds is 6. The van der Waals surface area contributed by atoms with Crippen molar-refractivity contribution in [3.05, 3.63) is 12.1 Å². The number of nitrogens with two attached hydrogens (primary N) is 1. The molecule has 0 radical (unpaired) electrons. The van der Waals surface area contributed by atoms with Crippen molar-refractivity contribution < 1.29 is 9.47 Å². The van der Waals surface area contributed by atoms with Crippen LogP contribution in [0, 0.1) is 5.41 Å². The van der Waals surface area contributed by atoms with Crippen molar-refractivity contribution in [2.24, 2.45) is 5.41 Å². The molecular formula is C16H22N4O2. The molecular weight excluding hydrogens is 280 g/mol. The third kappa shape index (κ3) is 2.61. The largest absolute Gasteiger partial charge is 0.493 e. The lowest BCUT2D eigenvalue weighted by molar-refractivity contribution is 0.356. The van der Waals surface area contributed by atoms with Gasteiger partial charge in [-0.2, -0.15) is 4.98 Å². The highest BCUT2D eigenvalue weighted by Gasteiger charge is 2.40. The highest BCUT2D eigenvalue weighted by Crippen LogP contribution is 2.48. The first-order valence-corrected chi connectivity index (χ1v) is 7.54. The molecule has 6 heteroatoms. The predicted molar refractivity (Wildman–Crippen MR) is 87.5 cm³/mol. The fourth-order valence-electron chi connectivity index (χ4n) is 2.66. The molecule has 2 aromatic rings. The fraction of sp³-hybridized carbons (Fsp3) is 0.500. The molecule has 1 heterocycles. The number of fused-ring (bicyclic) bond motifs is 1. The summed E-state index contributed by atoms with van der Waals surface area (Å²) in [5.41, 5.74) is 7.24. The van der Waals surface area contributed by atoms with E-state index in [0.717, 1.165) is 17.4 Å². The van der Waals surface area contributed by atoms with Crippen molar-refractivity contribution >= 4 is 22.7 Å². The average Bonchev–Trinajstić information content (AvgIpc) is 3.32. The van der Waals surface area contributed by atoms with Crippen molar-refractivity contribution in [3.8, 4) is 11.5 Å². The summed E-state index contributed by atoms with van der Waals surface area (Å²) in [4.78, 5) is 8.90. The number of anilines is 2. The zero-order valence-electron chi connectivity index (χ0n) is 13.3. The van der Waals surface area contributed by atoms with E-state index >= 15 is 0 Å². The van der Waals surface area contributed by atoms with Crippen LogP contribution in [0.2, 0.25) is 0 Å². The van der Waals surface area contributed by atoms with Crippen LogP contribution in [0.25, 0.3) is 10.9 Å². The number of ether oxygens (including phenoxy) is 2. The van der Waals surface area contributed by atoms with E-state index in [1.807, 2.05) is 12.1 Å². The summed E-state index contributed by atoms with van der Waals surface area (Å²) >= 11 is 0. The summed E-state index contributed by atoms with van der Waals surface area (Å²) in [6.07, 6.45) is 3.71. The quantitative estimate of drug-likeness (QED) is 0.854. The number of nitrogen functional groups attached to an aromatic ring is 1. The Bertz CT molecular complexity index is 698. The van der Waals surface area contributed by atoms with Gasteiger partial charge in [-0.3, -0.25) is 0 Å². The van der Waals surface area contributed by atoms with Gasteiger partial charge in [0.1, 0.15) is 5.82 Å². The van der Waals surface area contributed by atoms with Gasteiger partial charge in [0, 0.05) is 18.0 Å². The minimum absolute atomic E-state index is 0.421. The van der Waals surface area contributed by atoms with Gasteiger partial charge in [0.2, 0.25) is 5.95 Å². The molecule has 0 atom stereocenters. The molecule has 0 aliphatic heterocycles. The summed E-state index contributed by atoms with van der Waals surface area (Å²) in [5.74, 6) is 2.26. The van der Waals surface area contributed by atoms with Crippen LogP contribution in [-0.4, -0.2) is 30.7 Å². The van der Waals surface area contributed by atoms with Gasteiger partial charge in [0.15, 0.2) is 11.5 Å². The maximum absolute atomic E-state index is 6.07. The van der Waals surface area contributed by atoms with Crippen LogP contribution in [0.15, 0.2) is 12.1 Å². The van der Waals surface area contributed by atoms with Gasteiger partial charge in [-0.15, -0.1) is 0 Å². The lowest BCUT2D eigenvalue weighted by Gasteiger charge is -2.15. The van der Waals surface area contributed by atoms with Crippen LogP contribution in [0.3, 0.4) is 0 Å². The summed E-state index contributed by atoms with van der Waals surface area (Å²) in [6, 6.07) is 3.63. The molecule has 1 saturated carbocycles. The first-order chi connectivity index (χ1) is 10.6. The molecule has 0 spiro atoms. The molecule has 1 aliphatic rings. The molecule has 1 aromatic carbocycles. The monoisotopic (exact) mass is 302 g/mol. The molecule has 1 fully saturated rings. The van der Waals surface area contributed by atoms with E-state index < -0.39 is 0 Å². The highest BCUT2D eigenvalue weighted by atomic mass is 16.5. The van der Waals surface area contributed by atoms with Gasteiger partial charge in [-0.25, -0.2) is 4.98 Å². The fourth-order valence-corrected chi connectivity index (χ4v) is 2.66. The normalized spacial score (nSPS) is 15.6. The van der Waals surface area contributed by atoms with E-state index in [1.165, 1.54) is 19.3 Å². The maximum atomic E-state index is 6.07. The number of nitrogens with zero attached hydrogens (tertiary/aromatic N) is 2. The molecule has 1 aromatic heterocycles. The molecule has 0 bridgehead atoms. The Balaban J connectivity index is 1.93. The van der Waals surface area contributed by atoms with Crippen LogP contribution in [0.4, 0.5) is 11.8 Å². The summed E-state index contributed by atoms with van der Waals surface area (Å²) in [5, 5.41) is 4.09. The van der Waals surface area contributed by atoms with Crippen LogP contribution < -0.4 is 20.5 Å². The first-order valence-electron chi connectivity index (χ1n) is 7.54. The van der Waals surface area contributed by atoms with E-state index in [0.29, 0.717) is 28.7 Å².